The molecule has 0 heterocycles. The lowest BCUT2D eigenvalue weighted by Gasteiger charge is -2.11. The van der Waals surface area contributed by atoms with Crippen molar-refractivity contribution in [1.29, 1.82) is 0 Å². The van der Waals surface area contributed by atoms with Crippen LogP contribution in [0.1, 0.15) is 31.2 Å². The highest BCUT2D eigenvalue weighted by Gasteiger charge is 2.31. The molecule has 104 valence electrons. The third kappa shape index (κ3) is 3.72. The van der Waals surface area contributed by atoms with E-state index in [0.717, 1.165) is 37.8 Å². The Labute approximate surface area is 109 Å². The molecule has 1 nitrogen and oxygen atoms in total. The van der Waals surface area contributed by atoms with Gasteiger partial charge in [0.2, 0.25) is 0 Å². The predicted octanol–water partition coefficient (Wildman–Crippen LogP) is 4.76. The van der Waals surface area contributed by atoms with Crippen molar-refractivity contribution in [2.75, 3.05) is 11.9 Å². The topological polar surface area (TPSA) is 12.0 Å². The smallest absolute Gasteiger partial charge is 0.382 e. The molecular formula is C14H15F4N. The molecule has 0 saturated carbocycles. The second-order valence-corrected chi connectivity index (χ2v) is 4.62. The molecule has 1 aliphatic rings. The normalized spacial score (nSPS) is 15.5. The average molecular weight is 273 g/mol. The van der Waals surface area contributed by atoms with E-state index >= 15 is 0 Å². The summed E-state index contributed by atoms with van der Waals surface area (Å²) in [5.41, 5.74) is 0.487. The summed E-state index contributed by atoms with van der Waals surface area (Å²) >= 11 is 0. The molecule has 0 aliphatic heterocycles. The Balaban J connectivity index is 1.93. The zero-order valence-electron chi connectivity index (χ0n) is 10.4. The molecule has 0 aromatic heterocycles. The molecule has 0 spiro atoms. The Morgan fingerprint density at radius 3 is 2.58 bits per heavy atom. The Kier molecular flexibility index (Phi) is 4.12. The van der Waals surface area contributed by atoms with Crippen molar-refractivity contribution in [3.8, 4) is 0 Å². The van der Waals surface area contributed by atoms with Crippen LogP contribution in [0.3, 0.4) is 0 Å². The van der Waals surface area contributed by atoms with Gasteiger partial charge in [-0.15, -0.1) is 0 Å². The lowest BCUT2D eigenvalue weighted by atomic mass is 10.1. The molecule has 19 heavy (non-hydrogen) atoms. The molecule has 1 N–H and O–H groups in total. The van der Waals surface area contributed by atoms with Crippen molar-refractivity contribution in [2.45, 2.75) is 31.9 Å². The summed E-state index contributed by atoms with van der Waals surface area (Å²) in [5.74, 6) is -0.866. The predicted molar refractivity (Wildman–Crippen MR) is 66.4 cm³/mol. The number of anilines is 1. The molecule has 1 aromatic rings. The summed E-state index contributed by atoms with van der Waals surface area (Å²) in [6.07, 6.45) is 1.78. The van der Waals surface area contributed by atoms with E-state index in [4.69, 9.17) is 0 Å². The summed E-state index contributed by atoms with van der Waals surface area (Å²) in [6.45, 7) is 0.536. The van der Waals surface area contributed by atoms with Gasteiger partial charge in [0.1, 0.15) is 5.82 Å². The van der Waals surface area contributed by atoms with E-state index < -0.39 is 17.6 Å². The first-order chi connectivity index (χ1) is 8.97. The Morgan fingerprint density at radius 1 is 1.21 bits per heavy atom. The van der Waals surface area contributed by atoms with Gasteiger partial charge in [-0.25, -0.2) is 4.39 Å². The summed E-state index contributed by atoms with van der Waals surface area (Å²) in [4.78, 5) is 0. The van der Waals surface area contributed by atoms with Crippen LogP contribution in [0.25, 0.3) is 0 Å². The first-order valence-corrected chi connectivity index (χ1v) is 6.25. The minimum absolute atomic E-state index is 0.117. The number of hydrogen-bond acceptors (Lipinski definition) is 1. The first kappa shape index (κ1) is 13.9. The van der Waals surface area contributed by atoms with Crippen LogP contribution in [-0.2, 0) is 6.18 Å². The van der Waals surface area contributed by atoms with Gasteiger partial charge in [-0.2, -0.15) is 13.2 Å². The maximum Gasteiger partial charge on any atom is 0.416 e. The second kappa shape index (κ2) is 5.63. The van der Waals surface area contributed by atoms with Crippen LogP contribution in [0, 0.1) is 5.82 Å². The second-order valence-electron chi connectivity index (χ2n) is 4.62. The first-order valence-electron chi connectivity index (χ1n) is 6.25. The zero-order chi connectivity index (χ0) is 13.9. The number of alkyl halides is 3. The number of allylic oxidation sites excluding steroid dienone is 1. The maximum atomic E-state index is 13.5. The van der Waals surface area contributed by atoms with Crippen LogP contribution >= 0.6 is 0 Å². The van der Waals surface area contributed by atoms with E-state index in [1.54, 1.807) is 0 Å². The minimum atomic E-state index is -4.51. The van der Waals surface area contributed by atoms with Crippen LogP contribution in [-0.4, -0.2) is 6.54 Å². The van der Waals surface area contributed by atoms with Crippen molar-refractivity contribution in [1.82, 2.24) is 0 Å². The third-order valence-electron chi connectivity index (χ3n) is 3.19. The lowest BCUT2D eigenvalue weighted by Crippen LogP contribution is -2.08. The van der Waals surface area contributed by atoms with Crippen molar-refractivity contribution in [3.05, 3.63) is 41.2 Å². The molecule has 0 atom stereocenters. The Hall–Kier alpha value is -1.52. The minimum Gasteiger partial charge on any atom is -0.382 e. The average Bonchev–Trinajstić information content (AvgIpc) is 2.83. The van der Waals surface area contributed by atoms with Gasteiger partial charge >= 0.3 is 6.18 Å². The van der Waals surface area contributed by atoms with E-state index in [-0.39, 0.29) is 5.69 Å². The van der Waals surface area contributed by atoms with Gasteiger partial charge in [0.05, 0.1) is 11.3 Å². The fourth-order valence-electron chi connectivity index (χ4n) is 2.16. The van der Waals surface area contributed by atoms with Gasteiger partial charge in [-0.05, 0) is 43.9 Å². The molecule has 1 aliphatic carbocycles. The Morgan fingerprint density at radius 2 is 2.00 bits per heavy atom. The number of benzene rings is 1. The molecule has 0 radical (unpaired) electrons. The molecule has 0 fully saturated rings. The van der Waals surface area contributed by atoms with Crippen molar-refractivity contribution < 1.29 is 17.6 Å². The van der Waals surface area contributed by atoms with Crippen molar-refractivity contribution in [3.63, 3.8) is 0 Å². The lowest BCUT2D eigenvalue weighted by molar-refractivity contribution is -0.137. The standard InChI is InChI=1S/C14H15F4N/c15-12-9-11(14(16,17)18)5-6-13(12)19-8-7-10-3-1-2-4-10/h3,5-6,9,19H,1-2,4,7-8H2. The van der Waals surface area contributed by atoms with Crippen LogP contribution < -0.4 is 5.32 Å². The Bertz CT molecular complexity index is 477. The maximum absolute atomic E-state index is 13.5. The van der Waals surface area contributed by atoms with Gasteiger partial charge < -0.3 is 5.32 Å². The molecule has 0 saturated heterocycles. The van der Waals surface area contributed by atoms with Gasteiger partial charge in [0, 0.05) is 6.54 Å². The van der Waals surface area contributed by atoms with E-state index in [2.05, 4.69) is 11.4 Å². The molecule has 0 amide bonds. The van der Waals surface area contributed by atoms with E-state index in [1.165, 1.54) is 5.57 Å². The summed E-state index contributed by atoms with van der Waals surface area (Å²) < 4.78 is 50.6. The molecule has 1 aromatic carbocycles. The summed E-state index contributed by atoms with van der Waals surface area (Å²) in [7, 11) is 0. The fourth-order valence-corrected chi connectivity index (χ4v) is 2.16. The number of nitrogens with one attached hydrogen (secondary N) is 1. The molecular weight excluding hydrogens is 258 g/mol. The SMILES string of the molecule is Fc1cc(C(F)(F)F)ccc1NCCC1=CCCC1. The van der Waals surface area contributed by atoms with E-state index in [9.17, 15) is 17.6 Å². The zero-order valence-corrected chi connectivity index (χ0v) is 10.4. The van der Waals surface area contributed by atoms with Crippen molar-refractivity contribution in [2.24, 2.45) is 0 Å². The third-order valence-corrected chi connectivity index (χ3v) is 3.19. The summed E-state index contributed by atoms with van der Waals surface area (Å²) in [6, 6.07) is 2.55. The highest BCUT2D eigenvalue weighted by molar-refractivity contribution is 5.47. The van der Waals surface area contributed by atoms with Crippen LogP contribution in [0.2, 0.25) is 0 Å². The van der Waals surface area contributed by atoms with Gasteiger partial charge in [-0.1, -0.05) is 11.6 Å². The number of halogens is 4. The molecule has 5 heteroatoms. The van der Waals surface area contributed by atoms with Gasteiger partial charge in [0.25, 0.3) is 0 Å². The molecule has 0 bridgehead atoms. The molecule has 0 unspecified atom stereocenters. The number of rotatable bonds is 4. The summed E-state index contributed by atoms with van der Waals surface area (Å²) in [5, 5.41) is 2.84. The molecule has 2 rings (SSSR count). The van der Waals surface area contributed by atoms with E-state index in [1.807, 2.05) is 0 Å². The highest BCUT2D eigenvalue weighted by atomic mass is 19.4. The van der Waals surface area contributed by atoms with Gasteiger partial charge in [0.15, 0.2) is 0 Å². The van der Waals surface area contributed by atoms with Crippen molar-refractivity contribution >= 4 is 5.69 Å². The largest absolute Gasteiger partial charge is 0.416 e. The number of hydrogen-bond donors (Lipinski definition) is 1. The highest BCUT2D eigenvalue weighted by Crippen LogP contribution is 2.31. The van der Waals surface area contributed by atoms with E-state index in [0.29, 0.717) is 12.6 Å². The quantitative estimate of drug-likeness (QED) is 0.616. The van der Waals surface area contributed by atoms with Crippen LogP contribution in [0.15, 0.2) is 29.8 Å². The van der Waals surface area contributed by atoms with Gasteiger partial charge in [-0.3, -0.25) is 0 Å². The van der Waals surface area contributed by atoms with Crippen LogP contribution in [0.5, 0.6) is 0 Å². The van der Waals surface area contributed by atoms with Crippen LogP contribution in [0.4, 0.5) is 23.2 Å². The monoisotopic (exact) mass is 273 g/mol. The fraction of sp³-hybridized carbons (Fsp3) is 0.429.